The fraction of sp³-hybridized carbons (Fsp3) is 1.00. The van der Waals surface area contributed by atoms with Gasteiger partial charge in [-0.2, -0.15) is 14.0 Å². The van der Waals surface area contributed by atoms with Crippen LogP contribution in [0.2, 0.25) is 0 Å². The van der Waals surface area contributed by atoms with Crippen molar-refractivity contribution in [1.82, 2.24) is 16.0 Å². The Hall–Kier alpha value is -0.490. The molecule has 0 fully saturated rings. The van der Waals surface area contributed by atoms with Crippen LogP contribution in [-0.4, -0.2) is 39.8 Å². The fourth-order valence-corrected chi connectivity index (χ4v) is 0.621. The Bertz CT molecular complexity index is 242. The lowest BCUT2D eigenvalue weighted by Crippen LogP contribution is -2.67. The molecule has 0 aromatic carbocycles. The number of methoxy groups -OCH3 is 1. The van der Waals surface area contributed by atoms with Crippen LogP contribution in [0.3, 0.4) is 0 Å². The van der Waals surface area contributed by atoms with Crippen LogP contribution in [0.1, 0.15) is 0 Å². The van der Waals surface area contributed by atoms with E-state index >= 15 is 0 Å². The number of hydrogen-bond acceptors (Lipinski definition) is 9. The lowest BCUT2D eigenvalue weighted by molar-refractivity contribution is -1.92. The van der Waals surface area contributed by atoms with E-state index < -0.39 is 38.3 Å². The lowest BCUT2D eigenvalue weighted by Gasteiger charge is -2.33. The van der Waals surface area contributed by atoms with E-state index in [-0.39, 0.29) is 0 Å². The molecule has 19 heavy (non-hydrogen) atoms. The van der Waals surface area contributed by atoms with Crippen LogP contribution in [-0.2, 0) is 4.74 Å². The molecule has 0 aromatic heterocycles. The van der Waals surface area contributed by atoms with Gasteiger partial charge in [0.15, 0.2) is 0 Å². The second-order valence-corrected chi connectivity index (χ2v) is 3.28. The van der Waals surface area contributed by atoms with E-state index in [1.165, 1.54) is 0 Å². The first-order chi connectivity index (χ1) is 8.28. The van der Waals surface area contributed by atoms with Gasteiger partial charge in [0.05, 0.1) is 30.9 Å². The average molecular weight is 329 g/mol. The van der Waals surface area contributed by atoms with Crippen LogP contribution in [0.4, 0.5) is 26.9 Å². The molecule has 0 saturated heterocycles. The van der Waals surface area contributed by atoms with Crippen molar-refractivity contribution in [2.75, 3.05) is 7.11 Å². The Morgan fingerprint density at radius 2 is 1.37 bits per heavy atom. The van der Waals surface area contributed by atoms with Gasteiger partial charge in [0, 0.05) is 7.11 Å². The van der Waals surface area contributed by atoms with Crippen molar-refractivity contribution < 1.29 is 60.5 Å². The Morgan fingerprint density at radius 3 is 1.42 bits per heavy atom. The van der Waals surface area contributed by atoms with Crippen molar-refractivity contribution in [3.8, 4) is 0 Å². The summed E-state index contributed by atoms with van der Waals surface area (Å²) >= 11 is 0. The zero-order valence-corrected chi connectivity index (χ0v) is 9.48. The predicted octanol–water partition coefficient (Wildman–Crippen LogP) is -3.34. The summed E-state index contributed by atoms with van der Waals surface area (Å²) in [5.74, 6) is -4.06. The molecule has 118 valence electrons. The van der Waals surface area contributed by atoms with E-state index in [4.69, 9.17) is 18.6 Å². The van der Waals surface area contributed by atoms with Gasteiger partial charge in [-0.05, 0) is 0 Å². The van der Waals surface area contributed by atoms with Crippen LogP contribution < -0.4 is 19.7 Å². The first-order valence-electron chi connectivity index (χ1n) is 3.57. The highest BCUT2D eigenvalue weighted by atomic mass is 35.7. The van der Waals surface area contributed by atoms with Gasteiger partial charge in [0.2, 0.25) is 6.23 Å². The van der Waals surface area contributed by atoms with E-state index in [9.17, 15) is 26.9 Å². The van der Waals surface area contributed by atoms with Crippen molar-refractivity contribution in [2.24, 2.45) is 5.73 Å². The highest BCUT2D eigenvalue weighted by Crippen LogP contribution is 2.26. The zero-order chi connectivity index (χ0) is 16.0. The molecule has 0 rings (SSSR count). The molecule has 16 heteroatoms. The lowest BCUT2D eigenvalue weighted by atomic mass is 10.3. The van der Waals surface area contributed by atoms with Crippen molar-refractivity contribution in [3.05, 3.63) is 0 Å². The molecule has 9 nitrogen and oxygen atoms in total. The van der Waals surface area contributed by atoms with E-state index in [0.717, 1.165) is 0 Å². The number of rotatable bonds is 5. The van der Waals surface area contributed by atoms with Gasteiger partial charge in [0.1, 0.15) is 0 Å². The van der Waals surface area contributed by atoms with Crippen molar-refractivity contribution in [1.29, 1.82) is 0 Å². The van der Waals surface area contributed by atoms with Crippen LogP contribution in [0.5, 0.6) is 0 Å². The van der Waals surface area contributed by atoms with Gasteiger partial charge in [-0.1, -0.05) is 26.9 Å². The molecule has 0 saturated carbocycles. The minimum Gasteiger partial charge on any atom is -0.357 e. The second-order valence-electron chi connectivity index (χ2n) is 2.49. The molecule has 1 atom stereocenters. The molecule has 0 amide bonds. The second kappa shape index (κ2) is 7.94. The van der Waals surface area contributed by atoms with Crippen molar-refractivity contribution in [2.45, 2.75) is 12.0 Å². The summed E-state index contributed by atoms with van der Waals surface area (Å²) in [5, 5.41) is -6.57. The molecule has 0 radical (unpaired) electrons. The van der Waals surface area contributed by atoms with Gasteiger partial charge < -0.3 is 4.74 Å². The highest BCUT2D eigenvalue weighted by Gasteiger charge is 2.55. The first-order valence-corrected chi connectivity index (χ1v) is 4.84. The molecule has 3 N–H and O–H groups in total. The Morgan fingerprint density at radius 1 is 1.11 bits per heavy atom. The van der Waals surface area contributed by atoms with Gasteiger partial charge in [-0.3, -0.25) is 5.73 Å². The summed E-state index contributed by atoms with van der Waals surface area (Å²) in [6.45, 7) is 0. The standard InChI is InChI=1S/C3H6F6N4O.ClHO4/c1-14-2(11(4)5)3(10,12(6)7)13(8)9;2-1(3,4)5/h2H,10H2,1H3;(H,2,3,4,5). The average Bonchev–Trinajstić information content (AvgIpc) is 2.14. The van der Waals surface area contributed by atoms with E-state index in [2.05, 4.69) is 10.5 Å². The van der Waals surface area contributed by atoms with Crippen LogP contribution in [0, 0.1) is 10.2 Å². The molecule has 0 spiro atoms. The van der Waals surface area contributed by atoms with Gasteiger partial charge in [0.25, 0.3) is 5.79 Å². The summed E-state index contributed by atoms with van der Waals surface area (Å²) in [7, 11) is -4.18. The molecule has 0 aromatic rings. The van der Waals surface area contributed by atoms with Crippen LogP contribution >= 0.6 is 0 Å². The van der Waals surface area contributed by atoms with E-state index in [1.54, 1.807) is 0 Å². The summed E-state index contributed by atoms with van der Waals surface area (Å²) in [5.41, 5.74) is 4.34. The minimum absolute atomic E-state index is 0.519. The topological polar surface area (TPSA) is 134 Å². The summed E-state index contributed by atoms with van der Waals surface area (Å²) < 4.78 is 108. The molecular weight excluding hydrogens is 321 g/mol. The third kappa shape index (κ3) is 7.62. The Kier molecular flexibility index (Phi) is 8.71. The number of nitrogens with two attached hydrogens (primary N) is 1. The summed E-state index contributed by atoms with van der Waals surface area (Å²) in [6, 6.07) is 0. The number of hydrogen-bond donors (Lipinski definition) is 2. The van der Waals surface area contributed by atoms with Gasteiger partial charge in [-0.25, -0.2) is 0 Å². The largest absolute Gasteiger partial charge is 0.357 e. The summed E-state index contributed by atoms with van der Waals surface area (Å²) in [4.78, 5) is 0. The van der Waals surface area contributed by atoms with Crippen molar-refractivity contribution in [3.63, 3.8) is 0 Å². The Balaban J connectivity index is 0. The normalized spacial score (nSPS) is 14.7. The maximum absolute atomic E-state index is 11.9. The smallest absolute Gasteiger partial charge is 0.289 e. The molecule has 0 aliphatic heterocycles. The molecule has 0 aliphatic carbocycles. The van der Waals surface area contributed by atoms with Crippen LogP contribution in [0.25, 0.3) is 0 Å². The molecule has 0 bridgehead atoms. The maximum atomic E-state index is 11.9. The third-order valence-electron chi connectivity index (χ3n) is 1.31. The maximum Gasteiger partial charge on any atom is 0.289 e. The SMILES string of the molecule is COC(N(F)F)C(N)(N(F)F)N(F)F.[O-][Cl+3]([O-])([O-])O. The molecular formula is C3H7ClF6N4O5. The fourth-order valence-electron chi connectivity index (χ4n) is 0.621. The monoisotopic (exact) mass is 328 g/mol. The van der Waals surface area contributed by atoms with Crippen molar-refractivity contribution >= 4 is 0 Å². The minimum atomic E-state index is -4.69. The number of ether oxygens (including phenoxy) is 1. The van der Waals surface area contributed by atoms with Crippen LogP contribution in [0.15, 0.2) is 0 Å². The quantitative estimate of drug-likeness (QED) is 0.301. The zero-order valence-electron chi connectivity index (χ0n) is 8.72. The van der Waals surface area contributed by atoms with E-state index in [0.29, 0.717) is 7.11 Å². The van der Waals surface area contributed by atoms with E-state index in [1.807, 2.05) is 0 Å². The molecule has 1 unspecified atom stereocenters. The Labute approximate surface area is 102 Å². The molecule has 0 heterocycles. The first kappa shape index (κ1) is 20.8. The summed E-state index contributed by atoms with van der Waals surface area (Å²) in [6.07, 6.45) is -3.02. The highest BCUT2D eigenvalue weighted by molar-refractivity contribution is 4.76. The third-order valence-corrected chi connectivity index (χ3v) is 1.31. The predicted molar refractivity (Wildman–Crippen MR) is 32.1 cm³/mol. The number of halogens is 7. The molecule has 0 aliphatic rings. The van der Waals surface area contributed by atoms with Gasteiger partial charge >= 0.3 is 0 Å². The van der Waals surface area contributed by atoms with Gasteiger partial charge in [-0.15, -0.1) is 0 Å². The number of nitrogens with zero attached hydrogens (tertiary/aromatic N) is 3.